The van der Waals surface area contributed by atoms with Crippen LogP contribution in [0.5, 0.6) is 0 Å². The zero-order valence-electron chi connectivity index (χ0n) is 16.5. The molecule has 0 fully saturated rings. The van der Waals surface area contributed by atoms with E-state index in [1.54, 1.807) is 10.7 Å². The fourth-order valence-corrected chi connectivity index (χ4v) is 3.57. The predicted molar refractivity (Wildman–Crippen MR) is 113 cm³/mol. The van der Waals surface area contributed by atoms with Crippen molar-refractivity contribution < 1.29 is 9.21 Å². The molecule has 0 radical (unpaired) electrons. The molecule has 2 aromatic heterocycles. The van der Waals surface area contributed by atoms with Crippen molar-refractivity contribution in [1.82, 2.24) is 15.1 Å². The molecule has 6 heteroatoms. The van der Waals surface area contributed by atoms with Gasteiger partial charge in [-0.05, 0) is 44.4 Å². The molecular formula is C23H23N3O3. The predicted octanol–water partition coefficient (Wildman–Crippen LogP) is 3.59. The second-order valence-corrected chi connectivity index (χ2v) is 7.45. The van der Waals surface area contributed by atoms with Crippen LogP contribution in [0, 0.1) is 6.92 Å². The third-order valence-electron chi connectivity index (χ3n) is 5.06. The molecule has 4 aromatic rings. The Labute approximate surface area is 168 Å². The van der Waals surface area contributed by atoms with Crippen LogP contribution in [0.1, 0.15) is 24.5 Å². The second-order valence-electron chi connectivity index (χ2n) is 7.45. The first-order chi connectivity index (χ1) is 14.0. The average molecular weight is 389 g/mol. The smallest absolute Gasteiger partial charge is 0.347 e. The third kappa shape index (κ3) is 4.06. The molecule has 148 valence electrons. The summed E-state index contributed by atoms with van der Waals surface area (Å²) >= 11 is 0. The number of fused-ring (bicyclic) bond motifs is 3. The largest absolute Gasteiger partial charge is 0.422 e. The van der Waals surface area contributed by atoms with Crippen LogP contribution in [-0.2, 0) is 17.8 Å². The van der Waals surface area contributed by atoms with Gasteiger partial charge < -0.3 is 9.73 Å². The molecule has 1 atom stereocenters. The fraction of sp³-hybridized carbons (Fsp3) is 0.261. The summed E-state index contributed by atoms with van der Waals surface area (Å²) in [5, 5.41) is 8.46. The van der Waals surface area contributed by atoms with Crippen LogP contribution in [0.2, 0.25) is 0 Å². The Balaban J connectivity index is 1.51. The minimum atomic E-state index is -0.445. The van der Waals surface area contributed by atoms with Gasteiger partial charge in [0.15, 0.2) is 0 Å². The van der Waals surface area contributed by atoms with E-state index in [1.807, 2.05) is 44.2 Å². The topological polar surface area (TPSA) is 77.1 Å². The summed E-state index contributed by atoms with van der Waals surface area (Å²) in [4.78, 5) is 24.8. The Morgan fingerprint density at radius 1 is 1.17 bits per heavy atom. The van der Waals surface area contributed by atoms with Gasteiger partial charge in [-0.25, -0.2) is 4.79 Å². The molecule has 0 unspecified atom stereocenters. The molecule has 1 N–H and O–H groups in total. The van der Waals surface area contributed by atoms with Crippen molar-refractivity contribution in [3.63, 3.8) is 0 Å². The van der Waals surface area contributed by atoms with Crippen molar-refractivity contribution in [2.45, 2.75) is 39.3 Å². The van der Waals surface area contributed by atoms with E-state index in [9.17, 15) is 9.59 Å². The van der Waals surface area contributed by atoms with Crippen molar-refractivity contribution in [2.75, 3.05) is 0 Å². The Hall–Kier alpha value is -3.41. The lowest BCUT2D eigenvalue weighted by Crippen LogP contribution is -2.35. The summed E-state index contributed by atoms with van der Waals surface area (Å²) in [6.45, 7) is 4.01. The molecule has 4 rings (SSSR count). The van der Waals surface area contributed by atoms with Crippen molar-refractivity contribution >= 4 is 27.8 Å². The van der Waals surface area contributed by atoms with E-state index in [1.165, 1.54) is 11.8 Å². The maximum Gasteiger partial charge on any atom is 0.347 e. The Morgan fingerprint density at radius 3 is 2.76 bits per heavy atom. The van der Waals surface area contributed by atoms with Gasteiger partial charge in [-0.2, -0.15) is 5.10 Å². The number of hydrogen-bond donors (Lipinski definition) is 1. The number of aryl methyl sites for hydroxylation is 2. The first kappa shape index (κ1) is 18.9. The second kappa shape index (κ2) is 7.91. The van der Waals surface area contributed by atoms with E-state index < -0.39 is 5.63 Å². The van der Waals surface area contributed by atoms with Crippen LogP contribution in [0.4, 0.5) is 0 Å². The molecule has 0 bridgehead atoms. The van der Waals surface area contributed by atoms with Gasteiger partial charge in [-0.3, -0.25) is 9.48 Å². The molecule has 0 aliphatic heterocycles. The van der Waals surface area contributed by atoms with Gasteiger partial charge >= 0.3 is 5.63 Å². The lowest BCUT2D eigenvalue weighted by atomic mass is 10.1. The van der Waals surface area contributed by atoms with Gasteiger partial charge in [-0.1, -0.05) is 42.0 Å². The minimum Gasteiger partial charge on any atom is -0.422 e. The van der Waals surface area contributed by atoms with E-state index in [0.717, 1.165) is 23.8 Å². The van der Waals surface area contributed by atoms with Crippen molar-refractivity contribution in [1.29, 1.82) is 0 Å². The highest BCUT2D eigenvalue weighted by Crippen LogP contribution is 2.23. The Morgan fingerprint density at radius 2 is 1.97 bits per heavy atom. The summed E-state index contributed by atoms with van der Waals surface area (Å²) in [6, 6.07) is 15.8. The maximum atomic E-state index is 12.6. The summed E-state index contributed by atoms with van der Waals surface area (Å²) < 4.78 is 6.95. The molecule has 0 saturated carbocycles. The normalized spacial score (nSPS) is 12.3. The zero-order chi connectivity index (χ0) is 20.4. The number of amides is 1. The van der Waals surface area contributed by atoms with Crippen molar-refractivity contribution in [2.24, 2.45) is 0 Å². The van der Waals surface area contributed by atoms with Gasteiger partial charge in [0.2, 0.25) is 5.91 Å². The number of carbonyl (C=O) groups is 1. The van der Waals surface area contributed by atoms with Crippen LogP contribution in [0.15, 0.2) is 63.9 Å². The number of hydrogen-bond acceptors (Lipinski definition) is 4. The van der Waals surface area contributed by atoms with Crippen LogP contribution < -0.4 is 10.9 Å². The molecule has 0 saturated heterocycles. The molecule has 6 nitrogen and oxygen atoms in total. The zero-order valence-corrected chi connectivity index (χ0v) is 16.5. The summed E-state index contributed by atoms with van der Waals surface area (Å²) in [6.07, 6.45) is 3.22. The van der Waals surface area contributed by atoms with Crippen molar-refractivity contribution in [3.05, 3.63) is 76.3 Å². The molecule has 0 spiro atoms. The van der Waals surface area contributed by atoms with Gasteiger partial charge in [0, 0.05) is 11.4 Å². The molecule has 0 aliphatic rings. The SMILES string of the molecule is Cc1ccc2oc(=O)c3cnn(CC(=O)N[C@@H](C)CCc4ccccc4)c3c2c1. The first-order valence-electron chi connectivity index (χ1n) is 9.73. The maximum absolute atomic E-state index is 12.6. The summed E-state index contributed by atoms with van der Waals surface area (Å²) in [5.74, 6) is -0.135. The highest BCUT2D eigenvalue weighted by atomic mass is 16.4. The molecule has 1 amide bonds. The molecule has 2 aromatic carbocycles. The number of nitrogens with one attached hydrogen (secondary N) is 1. The van der Waals surface area contributed by atoms with Gasteiger partial charge in [0.05, 0.1) is 11.7 Å². The fourth-order valence-electron chi connectivity index (χ4n) is 3.57. The van der Waals surface area contributed by atoms with Crippen LogP contribution >= 0.6 is 0 Å². The van der Waals surface area contributed by atoms with E-state index in [0.29, 0.717) is 16.5 Å². The van der Waals surface area contributed by atoms with Gasteiger partial charge in [0.25, 0.3) is 0 Å². The average Bonchev–Trinajstić information content (AvgIpc) is 3.12. The Bertz CT molecular complexity index is 1220. The Kier molecular flexibility index (Phi) is 5.16. The molecular weight excluding hydrogens is 366 g/mol. The molecule has 0 aliphatic carbocycles. The van der Waals surface area contributed by atoms with Gasteiger partial charge in [0.1, 0.15) is 17.5 Å². The number of benzene rings is 2. The lowest BCUT2D eigenvalue weighted by Gasteiger charge is -2.14. The van der Waals surface area contributed by atoms with Crippen molar-refractivity contribution in [3.8, 4) is 0 Å². The van der Waals surface area contributed by atoms with Crippen LogP contribution in [0.25, 0.3) is 21.9 Å². The highest BCUT2D eigenvalue weighted by Gasteiger charge is 2.16. The quantitative estimate of drug-likeness (QED) is 0.511. The first-order valence-corrected chi connectivity index (χ1v) is 9.73. The van der Waals surface area contributed by atoms with E-state index in [4.69, 9.17) is 4.42 Å². The van der Waals surface area contributed by atoms with E-state index in [-0.39, 0.29) is 18.5 Å². The summed E-state index contributed by atoms with van der Waals surface area (Å²) in [7, 11) is 0. The number of nitrogens with zero attached hydrogens (tertiary/aromatic N) is 2. The van der Waals surface area contributed by atoms with Crippen LogP contribution in [-0.4, -0.2) is 21.7 Å². The monoisotopic (exact) mass is 389 g/mol. The third-order valence-corrected chi connectivity index (χ3v) is 5.06. The number of aromatic nitrogens is 2. The minimum absolute atomic E-state index is 0.0357. The number of rotatable bonds is 6. The molecule has 29 heavy (non-hydrogen) atoms. The van der Waals surface area contributed by atoms with Gasteiger partial charge in [-0.15, -0.1) is 0 Å². The lowest BCUT2D eigenvalue weighted by molar-refractivity contribution is -0.122. The van der Waals surface area contributed by atoms with Crippen LogP contribution in [0.3, 0.4) is 0 Å². The standard InChI is InChI=1S/C23H23N3O3/c1-15-8-11-20-18(12-15)22-19(23(28)29-20)13-24-26(22)14-21(27)25-16(2)9-10-17-6-4-3-5-7-17/h3-8,11-13,16H,9-10,14H2,1-2H3,(H,25,27)/t16-/m0/s1. The van der Waals surface area contributed by atoms with E-state index >= 15 is 0 Å². The summed E-state index contributed by atoms with van der Waals surface area (Å²) in [5.41, 5.74) is 2.97. The number of carbonyl (C=O) groups excluding carboxylic acids is 1. The van der Waals surface area contributed by atoms with E-state index in [2.05, 4.69) is 22.5 Å². The molecule has 2 heterocycles. The highest BCUT2D eigenvalue weighted by molar-refractivity contribution is 6.02.